The average molecular weight is 392 g/mol. The van der Waals surface area contributed by atoms with Gasteiger partial charge in [-0.15, -0.1) is 11.3 Å². The quantitative estimate of drug-likeness (QED) is 0.523. The maximum atomic E-state index is 12.5. The third kappa shape index (κ3) is 3.86. The lowest BCUT2D eigenvalue weighted by molar-refractivity contribution is 0.0953. The summed E-state index contributed by atoms with van der Waals surface area (Å²) in [6.45, 7) is 0.362. The molecule has 1 aromatic carbocycles. The number of carbonyl (C=O) groups excluding carboxylic acids is 2. The van der Waals surface area contributed by atoms with E-state index in [0.717, 1.165) is 11.3 Å². The molecule has 0 saturated heterocycles. The molecule has 2 N–H and O–H groups in total. The molecule has 140 valence electrons. The molecule has 3 aromatic heterocycles. The van der Waals surface area contributed by atoms with E-state index >= 15 is 0 Å². The molecule has 4 rings (SSSR count). The van der Waals surface area contributed by atoms with E-state index in [1.165, 1.54) is 17.6 Å². The van der Waals surface area contributed by atoms with Crippen LogP contribution in [0, 0.1) is 0 Å². The molecule has 4 aromatic rings. The summed E-state index contributed by atoms with van der Waals surface area (Å²) < 4.78 is 6.82. The average Bonchev–Trinajstić information content (AvgIpc) is 3.48. The Morgan fingerprint density at radius 2 is 1.93 bits per heavy atom. The first-order chi connectivity index (χ1) is 13.7. The normalized spacial score (nSPS) is 10.6. The summed E-state index contributed by atoms with van der Waals surface area (Å²) in [5, 5.41) is 10.4. The first-order valence-corrected chi connectivity index (χ1v) is 9.33. The molecule has 0 unspecified atom stereocenters. The molecule has 28 heavy (non-hydrogen) atoms. The van der Waals surface area contributed by atoms with Crippen molar-refractivity contribution >= 4 is 28.2 Å². The van der Waals surface area contributed by atoms with Crippen LogP contribution in [0.5, 0.6) is 0 Å². The smallest absolute Gasteiger partial charge is 0.291 e. The highest BCUT2D eigenvalue weighted by molar-refractivity contribution is 7.18. The summed E-state index contributed by atoms with van der Waals surface area (Å²) in [5.41, 5.74) is 1.85. The number of nitrogens with zero attached hydrogens (tertiary/aromatic N) is 2. The van der Waals surface area contributed by atoms with E-state index in [-0.39, 0.29) is 17.6 Å². The highest BCUT2D eigenvalue weighted by Crippen LogP contribution is 2.23. The van der Waals surface area contributed by atoms with Crippen LogP contribution >= 0.6 is 11.3 Å². The molecule has 2 amide bonds. The van der Waals surface area contributed by atoms with E-state index in [2.05, 4.69) is 15.7 Å². The van der Waals surface area contributed by atoms with Gasteiger partial charge in [-0.2, -0.15) is 5.10 Å². The highest BCUT2D eigenvalue weighted by Gasteiger charge is 2.14. The molecule has 0 atom stereocenters. The number of hydrogen-bond donors (Lipinski definition) is 2. The first-order valence-electron chi connectivity index (χ1n) is 8.51. The highest BCUT2D eigenvalue weighted by atomic mass is 32.1. The second-order valence-electron chi connectivity index (χ2n) is 5.86. The zero-order valence-corrected chi connectivity index (χ0v) is 15.5. The molecule has 3 heterocycles. The topological polar surface area (TPSA) is 89.2 Å². The number of anilines is 1. The third-order valence-corrected chi connectivity index (χ3v) is 4.99. The molecule has 0 fully saturated rings. The number of rotatable bonds is 6. The van der Waals surface area contributed by atoms with Gasteiger partial charge in [0.05, 0.1) is 21.8 Å². The predicted molar refractivity (Wildman–Crippen MR) is 106 cm³/mol. The van der Waals surface area contributed by atoms with Gasteiger partial charge < -0.3 is 15.1 Å². The number of carbonyl (C=O) groups is 2. The third-order valence-electron chi connectivity index (χ3n) is 3.99. The molecule has 0 spiro atoms. The summed E-state index contributed by atoms with van der Waals surface area (Å²) in [7, 11) is 0. The van der Waals surface area contributed by atoms with Crippen molar-refractivity contribution in [3.63, 3.8) is 0 Å². The number of amides is 2. The number of benzene rings is 1. The second-order valence-corrected chi connectivity index (χ2v) is 6.94. The van der Waals surface area contributed by atoms with Crippen molar-refractivity contribution in [1.82, 2.24) is 15.1 Å². The Morgan fingerprint density at radius 1 is 1.04 bits per heavy atom. The van der Waals surface area contributed by atoms with Gasteiger partial charge in [-0.3, -0.25) is 9.59 Å². The van der Waals surface area contributed by atoms with E-state index in [9.17, 15) is 9.59 Å². The number of furan rings is 1. The fourth-order valence-electron chi connectivity index (χ4n) is 2.67. The van der Waals surface area contributed by atoms with Crippen LogP contribution in [0.25, 0.3) is 5.69 Å². The van der Waals surface area contributed by atoms with Crippen molar-refractivity contribution < 1.29 is 14.0 Å². The molecule has 8 heteroatoms. The zero-order valence-electron chi connectivity index (χ0n) is 14.7. The number of aromatic nitrogens is 2. The van der Waals surface area contributed by atoms with Crippen molar-refractivity contribution in [2.24, 2.45) is 0 Å². The molecule has 0 saturated carbocycles. The fourth-order valence-corrected chi connectivity index (χ4v) is 3.48. The molecular weight excluding hydrogens is 376 g/mol. The van der Waals surface area contributed by atoms with Gasteiger partial charge in [-0.1, -0.05) is 18.2 Å². The predicted octanol–water partition coefficient (Wildman–Crippen LogP) is 3.71. The Balaban J connectivity index is 1.40. The van der Waals surface area contributed by atoms with Gasteiger partial charge in [0.2, 0.25) is 0 Å². The Morgan fingerprint density at radius 3 is 2.71 bits per heavy atom. The van der Waals surface area contributed by atoms with E-state index in [4.69, 9.17) is 4.42 Å². The largest absolute Gasteiger partial charge is 0.459 e. The van der Waals surface area contributed by atoms with E-state index in [0.29, 0.717) is 16.4 Å². The van der Waals surface area contributed by atoms with Crippen LogP contribution < -0.4 is 10.6 Å². The molecule has 7 nitrogen and oxygen atoms in total. The van der Waals surface area contributed by atoms with Crippen LogP contribution in [-0.2, 0) is 6.54 Å². The van der Waals surface area contributed by atoms with Crippen LogP contribution in [0.4, 0.5) is 5.00 Å². The van der Waals surface area contributed by atoms with Gasteiger partial charge in [0, 0.05) is 18.9 Å². The molecular formula is C20H16N4O3S. The van der Waals surface area contributed by atoms with Gasteiger partial charge in [-0.05, 0) is 42.0 Å². The maximum absolute atomic E-state index is 12.5. The van der Waals surface area contributed by atoms with E-state index in [1.807, 2.05) is 36.5 Å². The minimum Gasteiger partial charge on any atom is -0.459 e. The van der Waals surface area contributed by atoms with Crippen molar-refractivity contribution in [2.45, 2.75) is 6.54 Å². The Hall–Kier alpha value is -3.65. The fraction of sp³-hybridized carbons (Fsp3) is 0.0500. The van der Waals surface area contributed by atoms with Gasteiger partial charge in [0.25, 0.3) is 11.8 Å². The molecule has 0 aliphatic heterocycles. The van der Waals surface area contributed by atoms with Crippen molar-refractivity contribution in [2.75, 3.05) is 5.32 Å². The van der Waals surface area contributed by atoms with Gasteiger partial charge >= 0.3 is 0 Å². The van der Waals surface area contributed by atoms with Crippen molar-refractivity contribution in [1.29, 1.82) is 0 Å². The van der Waals surface area contributed by atoms with Crippen LogP contribution in [0.1, 0.15) is 25.8 Å². The standard InChI is InChI=1S/C20H16N4O3S/c25-19(16-7-3-12-27-16)23-18-9-8-17(28-18)20(26)21-13-14-5-1-2-6-15(14)24-11-4-10-22-24/h1-12H,13H2,(H,21,26)(H,23,25). The van der Waals surface area contributed by atoms with Crippen molar-refractivity contribution in [3.05, 3.63) is 89.5 Å². The summed E-state index contributed by atoms with van der Waals surface area (Å²) in [6, 6.07) is 16.2. The molecule has 0 aliphatic carbocycles. The van der Waals surface area contributed by atoms with Gasteiger partial charge in [-0.25, -0.2) is 4.68 Å². The maximum Gasteiger partial charge on any atom is 0.291 e. The summed E-state index contributed by atoms with van der Waals surface area (Å²) in [6.07, 6.45) is 5.00. The SMILES string of the molecule is O=C(Nc1ccc(C(=O)NCc2ccccc2-n2cccn2)s1)c1ccco1. The minimum atomic E-state index is -0.355. The monoisotopic (exact) mass is 392 g/mol. The number of para-hydroxylation sites is 1. The summed E-state index contributed by atoms with van der Waals surface area (Å²) in [4.78, 5) is 25.0. The molecule has 0 bridgehead atoms. The second kappa shape index (κ2) is 7.93. The number of nitrogens with one attached hydrogen (secondary N) is 2. The van der Waals surface area contributed by atoms with Crippen LogP contribution in [0.3, 0.4) is 0 Å². The van der Waals surface area contributed by atoms with Crippen molar-refractivity contribution in [3.8, 4) is 5.69 Å². The van der Waals surface area contributed by atoms with Gasteiger partial charge in [0.1, 0.15) is 0 Å². The minimum absolute atomic E-state index is 0.209. The zero-order chi connectivity index (χ0) is 19.3. The summed E-state index contributed by atoms with van der Waals surface area (Å²) >= 11 is 1.20. The lowest BCUT2D eigenvalue weighted by Crippen LogP contribution is -2.22. The van der Waals surface area contributed by atoms with E-state index < -0.39 is 0 Å². The Bertz CT molecular complexity index is 1080. The van der Waals surface area contributed by atoms with E-state index in [1.54, 1.807) is 35.1 Å². The molecule has 0 aliphatic rings. The summed E-state index contributed by atoms with van der Waals surface area (Å²) in [5.74, 6) is -0.347. The first kappa shape index (κ1) is 17.7. The Labute approximate surface area is 164 Å². The number of thiophene rings is 1. The number of hydrogen-bond acceptors (Lipinski definition) is 5. The van der Waals surface area contributed by atoms with Crippen LogP contribution in [0.2, 0.25) is 0 Å². The van der Waals surface area contributed by atoms with Crippen LogP contribution in [-0.4, -0.2) is 21.6 Å². The molecule has 0 radical (unpaired) electrons. The van der Waals surface area contributed by atoms with Gasteiger partial charge in [0.15, 0.2) is 5.76 Å². The Kier molecular flexibility index (Phi) is 5.03. The lowest BCUT2D eigenvalue weighted by atomic mass is 10.2. The van der Waals surface area contributed by atoms with Crippen LogP contribution in [0.15, 0.2) is 77.7 Å². The lowest BCUT2D eigenvalue weighted by Gasteiger charge is -2.10.